The fourth-order valence-electron chi connectivity index (χ4n) is 1.19. The molecule has 0 aliphatic carbocycles. The van der Waals surface area contributed by atoms with Crippen LogP contribution in [0.5, 0.6) is 0 Å². The summed E-state index contributed by atoms with van der Waals surface area (Å²) in [6.45, 7) is 9.72. The quantitative estimate of drug-likeness (QED) is 0.666. The van der Waals surface area contributed by atoms with Gasteiger partial charge < -0.3 is 5.73 Å². The van der Waals surface area contributed by atoms with Gasteiger partial charge in [-0.1, -0.05) is 33.8 Å². The maximum absolute atomic E-state index is 5.48. The predicted molar refractivity (Wildman–Crippen MR) is 81.0 cm³/mol. The topological polar surface area (TPSA) is 69.1 Å². The molecule has 5 heteroatoms. The lowest BCUT2D eigenvalue weighted by atomic mass is 10.4. The number of aliphatic imine (C=N–C) groups is 1. The molecule has 0 bridgehead atoms. The fourth-order valence-corrected chi connectivity index (χ4v) is 1.19. The molecule has 2 rings (SSSR count). The molecule has 0 saturated heterocycles. The van der Waals surface area contributed by atoms with Crippen LogP contribution >= 0.6 is 0 Å². The molecule has 0 atom stereocenters. The third-order valence-corrected chi connectivity index (χ3v) is 1.75. The largest absolute Gasteiger partial charge is 0.387 e. The van der Waals surface area contributed by atoms with Gasteiger partial charge in [-0.2, -0.15) is 5.10 Å². The van der Waals surface area contributed by atoms with Gasteiger partial charge in [0.1, 0.15) is 0 Å². The number of nitrogens with two attached hydrogens (primary N) is 1. The van der Waals surface area contributed by atoms with Crippen LogP contribution in [0.15, 0.2) is 41.7 Å². The van der Waals surface area contributed by atoms with Crippen LogP contribution in [0.2, 0.25) is 0 Å². The highest BCUT2D eigenvalue weighted by molar-refractivity contribution is 5.79. The molecule has 0 amide bonds. The van der Waals surface area contributed by atoms with Crippen LogP contribution in [0.25, 0.3) is 5.82 Å². The molecule has 0 aromatic carbocycles. The highest BCUT2D eigenvalue weighted by Crippen LogP contribution is 2.10. The molecule has 0 aliphatic heterocycles. The van der Waals surface area contributed by atoms with Gasteiger partial charge in [0.15, 0.2) is 11.6 Å². The zero-order chi connectivity index (χ0) is 14.7. The number of amidine groups is 1. The van der Waals surface area contributed by atoms with Crippen molar-refractivity contribution in [2.45, 2.75) is 34.6 Å². The molecule has 0 fully saturated rings. The molecular formula is C14H23N5. The summed E-state index contributed by atoms with van der Waals surface area (Å²) in [5.74, 6) is 1.80. The first-order valence-electron chi connectivity index (χ1n) is 6.53. The van der Waals surface area contributed by atoms with E-state index in [9.17, 15) is 0 Å². The van der Waals surface area contributed by atoms with E-state index >= 15 is 0 Å². The third kappa shape index (κ3) is 5.81. The zero-order valence-corrected chi connectivity index (χ0v) is 12.3. The number of aromatic nitrogens is 3. The Morgan fingerprint density at radius 2 is 1.84 bits per heavy atom. The van der Waals surface area contributed by atoms with Crippen LogP contribution in [0.1, 0.15) is 34.6 Å². The van der Waals surface area contributed by atoms with Gasteiger partial charge in [-0.05, 0) is 25.1 Å². The molecule has 0 aliphatic rings. The molecule has 19 heavy (non-hydrogen) atoms. The highest BCUT2D eigenvalue weighted by atomic mass is 15.3. The smallest absolute Gasteiger partial charge is 0.156 e. The standard InChI is InChI=1S/C10H11N5.2C2H6/c1-8(11)13-9-4-2-5-10(14-9)15-7-3-6-12-15;2*1-2/h2-7H,1H3,(H2,11,13,14);2*1-2H3. The second-order valence-electron chi connectivity index (χ2n) is 3.06. The van der Waals surface area contributed by atoms with E-state index in [1.54, 1.807) is 23.9 Å². The van der Waals surface area contributed by atoms with Crippen LogP contribution in [-0.2, 0) is 0 Å². The number of hydrogen-bond acceptors (Lipinski definition) is 3. The number of rotatable bonds is 2. The van der Waals surface area contributed by atoms with Crippen molar-refractivity contribution in [1.82, 2.24) is 14.8 Å². The van der Waals surface area contributed by atoms with Crippen LogP contribution < -0.4 is 5.73 Å². The fraction of sp³-hybridized carbons (Fsp3) is 0.357. The summed E-state index contributed by atoms with van der Waals surface area (Å²) in [6.07, 6.45) is 3.52. The SMILES string of the molecule is CC.CC.CC(N)=Nc1cccc(-n2cccn2)n1. The average molecular weight is 261 g/mol. The second-order valence-corrected chi connectivity index (χ2v) is 3.06. The van der Waals surface area contributed by atoms with Crippen molar-refractivity contribution in [2.75, 3.05) is 0 Å². The van der Waals surface area contributed by atoms with Crippen molar-refractivity contribution in [3.05, 3.63) is 36.7 Å². The summed E-state index contributed by atoms with van der Waals surface area (Å²) in [5.41, 5.74) is 5.48. The highest BCUT2D eigenvalue weighted by Gasteiger charge is 1.98. The van der Waals surface area contributed by atoms with E-state index in [0.29, 0.717) is 11.7 Å². The molecule has 2 aromatic heterocycles. The van der Waals surface area contributed by atoms with Gasteiger partial charge in [-0.15, -0.1) is 0 Å². The van der Waals surface area contributed by atoms with Crippen LogP contribution in [0.4, 0.5) is 5.82 Å². The van der Waals surface area contributed by atoms with Gasteiger partial charge >= 0.3 is 0 Å². The Balaban J connectivity index is 0.000000741. The molecule has 0 saturated carbocycles. The summed E-state index contributed by atoms with van der Waals surface area (Å²) < 4.78 is 1.67. The van der Waals surface area contributed by atoms with E-state index in [4.69, 9.17) is 5.73 Å². The zero-order valence-electron chi connectivity index (χ0n) is 12.3. The Labute approximate surface area is 115 Å². The van der Waals surface area contributed by atoms with Gasteiger partial charge in [0.25, 0.3) is 0 Å². The molecule has 0 spiro atoms. The lowest BCUT2D eigenvalue weighted by Crippen LogP contribution is -2.04. The average Bonchev–Trinajstić information content (AvgIpc) is 2.97. The summed E-state index contributed by atoms with van der Waals surface area (Å²) >= 11 is 0. The van der Waals surface area contributed by atoms with Crippen molar-refractivity contribution < 1.29 is 0 Å². The Morgan fingerprint density at radius 3 is 2.37 bits per heavy atom. The Kier molecular flexibility index (Phi) is 8.70. The lowest BCUT2D eigenvalue weighted by Gasteiger charge is -2.00. The van der Waals surface area contributed by atoms with Gasteiger partial charge in [0.05, 0.1) is 5.84 Å². The van der Waals surface area contributed by atoms with Crippen molar-refractivity contribution in [2.24, 2.45) is 10.7 Å². The van der Waals surface area contributed by atoms with E-state index in [1.807, 2.05) is 52.1 Å². The predicted octanol–water partition coefficient (Wildman–Crippen LogP) is 3.33. The summed E-state index contributed by atoms with van der Waals surface area (Å²) in [7, 11) is 0. The van der Waals surface area contributed by atoms with Gasteiger partial charge in [-0.25, -0.2) is 14.7 Å². The second kappa shape index (κ2) is 9.82. The minimum atomic E-state index is 0.486. The van der Waals surface area contributed by atoms with Gasteiger partial charge in [-0.3, -0.25) is 0 Å². The van der Waals surface area contributed by atoms with Crippen LogP contribution in [0, 0.1) is 0 Å². The summed E-state index contributed by atoms with van der Waals surface area (Å²) in [6, 6.07) is 7.36. The van der Waals surface area contributed by atoms with Gasteiger partial charge in [0.2, 0.25) is 0 Å². The van der Waals surface area contributed by atoms with Gasteiger partial charge in [0, 0.05) is 12.4 Å². The lowest BCUT2D eigenvalue weighted by molar-refractivity contribution is 0.847. The molecule has 0 unspecified atom stereocenters. The number of hydrogen-bond donors (Lipinski definition) is 1. The van der Waals surface area contributed by atoms with Crippen LogP contribution in [0.3, 0.4) is 0 Å². The van der Waals surface area contributed by atoms with Crippen LogP contribution in [-0.4, -0.2) is 20.6 Å². The third-order valence-electron chi connectivity index (χ3n) is 1.75. The maximum atomic E-state index is 5.48. The number of pyridine rings is 1. The van der Waals surface area contributed by atoms with Crippen molar-refractivity contribution in [1.29, 1.82) is 0 Å². The van der Waals surface area contributed by atoms with E-state index in [1.165, 1.54) is 0 Å². The Bertz CT molecular complexity index is 470. The number of nitrogens with zero attached hydrogens (tertiary/aromatic N) is 4. The first-order chi connectivity index (χ1) is 9.25. The molecular weight excluding hydrogens is 238 g/mol. The molecule has 2 heterocycles. The van der Waals surface area contributed by atoms with Crippen molar-refractivity contribution >= 4 is 11.7 Å². The van der Waals surface area contributed by atoms with Crippen molar-refractivity contribution in [3.63, 3.8) is 0 Å². The first-order valence-corrected chi connectivity index (χ1v) is 6.53. The summed E-state index contributed by atoms with van der Waals surface area (Å²) in [4.78, 5) is 8.36. The minimum Gasteiger partial charge on any atom is -0.387 e. The molecule has 0 radical (unpaired) electrons. The molecule has 2 aromatic rings. The van der Waals surface area contributed by atoms with E-state index < -0.39 is 0 Å². The van der Waals surface area contributed by atoms with E-state index in [2.05, 4.69) is 15.1 Å². The normalized spacial score (nSPS) is 9.84. The Morgan fingerprint density at radius 1 is 1.16 bits per heavy atom. The monoisotopic (exact) mass is 261 g/mol. The minimum absolute atomic E-state index is 0.486. The maximum Gasteiger partial charge on any atom is 0.156 e. The first kappa shape index (κ1) is 16.8. The summed E-state index contributed by atoms with van der Waals surface area (Å²) in [5, 5.41) is 4.08. The van der Waals surface area contributed by atoms with Crippen molar-refractivity contribution in [3.8, 4) is 5.82 Å². The van der Waals surface area contributed by atoms with E-state index in [-0.39, 0.29) is 0 Å². The van der Waals surface area contributed by atoms with E-state index in [0.717, 1.165) is 5.82 Å². The molecule has 104 valence electrons. The molecule has 2 N–H and O–H groups in total. The molecule has 5 nitrogen and oxygen atoms in total. The Hall–Kier alpha value is -2.17.